The molecule has 0 unspecified atom stereocenters. The fourth-order valence-electron chi connectivity index (χ4n) is 3.46. The SMILES string of the molecule is COc1cc(-c2nnc(SCC(=O)N/N=C\c3ccc(F)cc3)n2-c2ccccc2)cc(OC)c1OC. The van der Waals surface area contributed by atoms with Crippen LogP contribution >= 0.6 is 11.8 Å². The highest BCUT2D eigenvalue weighted by Crippen LogP contribution is 2.41. The van der Waals surface area contributed by atoms with Crippen molar-refractivity contribution in [3.05, 3.63) is 78.1 Å². The van der Waals surface area contributed by atoms with Gasteiger partial charge in [-0.05, 0) is 42.0 Å². The van der Waals surface area contributed by atoms with E-state index in [1.807, 2.05) is 34.9 Å². The third kappa shape index (κ3) is 6.07. The predicted molar refractivity (Wildman–Crippen MR) is 139 cm³/mol. The summed E-state index contributed by atoms with van der Waals surface area (Å²) in [6.45, 7) is 0. The molecule has 0 aliphatic rings. The molecular formula is C26H24FN5O4S. The molecule has 4 aromatic rings. The number of hydrazone groups is 1. The first kappa shape index (κ1) is 25.7. The van der Waals surface area contributed by atoms with Gasteiger partial charge in [-0.1, -0.05) is 42.1 Å². The van der Waals surface area contributed by atoms with E-state index in [4.69, 9.17) is 14.2 Å². The van der Waals surface area contributed by atoms with Crippen molar-refractivity contribution in [1.82, 2.24) is 20.2 Å². The molecule has 11 heteroatoms. The number of ether oxygens (including phenoxy) is 3. The largest absolute Gasteiger partial charge is 0.493 e. The standard InChI is InChI=1S/C26H24FN5O4S/c1-34-21-13-18(14-22(35-2)24(21)36-3)25-30-31-26(32(25)20-7-5-4-6-8-20)37-16-23(33)29-28-15-17-9-11-19(27)12-10-17/h4-15H,16H2,1-3H3,(H,29,33)/b28-15-. The monoisotopic (exact) mass is 521 g/mol. The van der Waals surface area contributed by atoms with Crippen LogP contribution in [0.15, 0.2) is 77.0 Å². The Kier molecular flexibility index (Phi) is 8.37. The van der Waals surface area contributed by atoms with Crippen LogP contribution in [0.2, 0.25) is 0 Å². The molecule has 0 atom stereocenters. The number of halogens is 1. The van der Waals surface area contributed by atoms with E-state index in [1.165, 1.54) is 37.2 Å². The van der Waals surface area contributed by atoms with Crippen molar-refractivity contribution in [1.29, 1.82) is 0 Å². The summed E-state index contributed by atoms with van der Waals surface area (Å²) in [4.78, 5) is 12.4. The first-order valence-corrected chi connectivity index (χ1v) is 12.0. The number of rotatable bonds is 10. The zero-order valence-electron chi connectivity index (χ0n) is 20.3. The van der Waals surface area contributed by atoms with Crippen molar-refractivity contribution < 1.29 is 23.4 Å². The fraction of sp³-hybridized carbons (Fsp3) is 0.154. The molecule has 0 spiro atoms. The van der Waals surface area contributed by atoms with Gasteiger partial charge >= 0.3 is 0 Å². The van der Waals surface area contributed by atoms with Crippen molar-refractivity contribution in [3.63, 3.8) is 0 Å². The van der Waals surface area contributed by atoms with E-state index in [0.717, 1.165) is 5.69 Å². The van der Waals surface area contributed by atoms with Gasteiger partial charge in [0.1, 0.15) is 5.82 Å². The van der Waals surface area contributed by atoms with Crippen molar-refractivity contribution in [2.45, 2.75) is 5.16 Å². The molecule has 37 heavy (non-hydrogen) atoms. The van der Waals surface area contributed by atoms with Crippen molar-refractivity contribution in [2.24, 2.45) is 5.10 Å². The highest BCUT2D eigenvalue weighted by molar-refractivity contribution is 7.99. The molecule has 0 radical (unpaired) electrons. The molecule has 0 aliphatic carbocycles. The van der Waals surface area contributed by atoms with Gasteiger partial charge in [-0.2, -0.15) is 5.10 Å². The number of carbonyl (C=O) groups is 1. The molecule has 1 amide bonds. The summed E-state index contributed by atoms with van der Waals surface area (Å²) >= 11 is 1.21. The van der Waals surface area contributed by atoms with E-state index < -0.39 is 0 Å². The molecule has 9 nitrogen and oxygen atoms in total. The number of amides is 1. The van der Waals surface area contributed by atoms with Gasteiger partial charge in [0, 0.05) is 11.3 Å². The molecule has 0 fully saturated rings. The Labute approximate surface area is 217 Å². The summed E-state index contributed by atoms with van der Waals surface area (Å²) in [5.41, 5.74) is 4.63. The smallest absolute Gasteiger partial charge is 0.250 e. The van der Waals surface area contributed by atoms with Gasteiger partial charge in [-0.3, -0.25) is 9.36 Å². The van der Waals surface area contributed by atoms with Crippen LogP contribution in [0.25, 0.3) is 17.1 Å². The van der Waals surface area contributed by atoms with Crippen LogP contribution in [0.3, 0.4) is 0 Å². The van der Waals surface area contributed by atoms with Crippen LogP contribution in [0.5, 0.6) is 17.2 Å². The molecule has 1 heterocycles. The van der Waals surface area contributed by atoms with Gasteiger partial charge in [0.2, 0.25) is 5.75 Å². The second kappa shape index (κ2) is 12.0. The Balaban J connectivity index is 1.59. The Bertz CT molecular complexity index is 1370. The highest BCUT2D eigenvalue weighted by Gasteiger charge is 2.21. The number of benzene rings is 3. The summed E-state index contributed by atoms with van der Waals surface area (Å²) < 4.78 is 31.3. The van der Waals surface area contributed by atoms with Crippen LogP contribution in [0.4, 0.5) is 4.39 Å². The van der Waals surface area contributed by atoms with Crippen LogP contribution in [-0.2, 0) is 4.79 Å². The summed E-state index contributed by atoms with van der Waals surface area (Å²) in [7, 11) is 4.62. The van der Waals surface area contributed by atoms with E-state index in [1.54, 1.807) is 38.5 Å². The lowest BCUT2D eigenvalue weighted by atomic mass is 10.1. The minimum Gasteiger partial charge on any atom is -0.493 e. The zero-order chi connectivity index (χ0) is 26.2. The van der Waals surface area contributed by atoms with Gasteiger partial charge in [-0.15, -0.1) is 10.2 Å². The quantitative estimate of drug-likeness (QED) is 0.188. The second-order valence-corrected chi connectivity index (χ2v) is 8.47. The average molecular weight is 522 g/mol. The Morgan fingerprint density at radius 1 is 1.00 bits per heavy atom. The Hall–Kier alpha value is -4.38. The third-order valence-corrected chi connectivity index (χ3v) is 6.10. The van der Waals surface area contributed by atoms with Crippen LogP contribution < -0.4 is 19.6 Å². The number of hydrogen-bond donors (Lipinski definition) is 1. The van der Waals surface area contributed by atoms with Crippen molar-refractivity contribution in [2.75, 3.05) is 27.1 Å². The number of methoxy groups -OCH3 is 3. The topological polar surface area (TPSA) is 99.9 Å². The van der Waals surface area contributed by atoms with Crippen LogP contribution in [0.1, 0.15) is 5.56 Å². The summed E-state index contributed by atoms with van der Waals surface area (Å²) in [5.74, 6) is 1.32. The van der Waals surface area contributed by atoms with Gasteiger partial charge < -0.3 is 14.2 Å². The lowest BCUT2D eigenvalue weighted by Gasteiger charge is -2.15. The second-order valence-electron chi connectivity index (χ2n) is 7.52. The van der Waals surface area contributed by atoms with E-state index in [9.17, 15) is 9.18 Å². The lowest BCUT2D eigenvalue weighted by molar-refractivity contribution is -0.118. The number of nitrogens with one attached hydrogen (secondary N) is 1. The fourth-order valence-corrected chi connectivity index (χ4v) is 4.20. The number of nitrogens with zero attached hydrogens (tertiary/aromatic N) is 4. The molecule has 0 saturated heterocycles. The lowest BCUT2D eigenvalue weighted by Crippen LogP contribution is -2.20. The molecular weight excluding hydrogens is 497 g/mol. The highest BCUT2D eigenvalue weighted by atomic mass is 32.2. The zero-order valence-corrected chi connectivity index (χ0v) is 21.2. The number of hydrogen-bond acceptors (Lipinski definition) is 8. The molecule has 4 rings (SSSR count). The van der Waals surface area contributed by atoms with Gasteiger partial charge in [0.25, 0.3) is 5.91 Å². The minimum atomic E-state index is -0.342. The molecule has 0 aliphatic heterocycles. The first-order chi connectivity index (χ1) is 18.0. The van der Waals surface area contributed by atoms with E-state index in [-0.39, 0.29) is 17.5 Å². The van der Waals surface area contributed by atoms with Crippen LogP contribution in [0, 0.1) is 5.82 Å². The Morgan fingerprint density at radius 3 is 2.30 bits per heavy atom. The molecule has 3 aromatic carbocycles. The maximum atomic E-state index is 13.0. The minimum absolute atomic E-state index is 0.0426. The molecule has 1 N–H and O–H groups in total. The number of thioether (sulfide) groups is 1. The van der Waals surface area contributed by atoms with Gasteiger partial charge in [0.15, 0.2) is 22.5 Å². The summed E-state index contributed by atoms with van der Waals surface area (Å²) in [6.07, 6.45) is 1.44. The van der Waals surface area contributed by atoms with E-state index in [0.29, 0.717) is 39.4 Å². The molecule has 1 aromatic heterocycles. The maximum Gasteiger partial charge on any atom is 0.250 e. The normalized spacial score (nSPS) is 10.9. The summed E-state index contributed by atoms with van der Waals surface area (Å²) in [6, 6.07) is 18.9. The predicted octanol–water partition coefficient (Wildman–Crippen LogP) is 4.34. The van der Waals surface area contributed by atoms with Crippen molar-refractivity contribution >= 4 is 23.9 Å². The third-order valence-electron chi connectivity index (χ3n) is 5.18. The maximum absolute atomic E-state index is 13.0. The van der Waals surface area contributed by atoms with Crippen molar-refractivity contribution in [3.8, 4) is 34.3 Å². The van der Waals surface area contributed by atoms with E-state index in [2.05, 4.69) is 20.7 Å². The molecule has 190 valence electrons. The Morgan fingerprint density at radius 2 is 1.68 bits per heavy atom. The number of aromatic nitrogens is 3. The van der Waals surface area contributed by atoms with Gasteiger partial charge in [-0.25, -0.2) is 9.82 Å². The van der Waals surface area contributed by atoms with E-state index >= 15 is 0 Å². The average Bonchev–Trinajstić information content (AvgIpc) is 3.36. The summed E-state index contributed by atoms with van der Waals surface area (Å²) in [5, 5.41) is 13.2. The molecule has 0 bridgehead atoms. The number of para-hydroxylation sites is 1. The molecule has 0 saturated carbocycles. The first-order valence-electron chi connectivity index (χ1n) is 11.1. The van der Waals surface area contributed by atoms with Crippen LogP contribution in [-0.4, -0.2) is 54.0 Å². The van der Waals surface area contributed by atoms with Gasteiger partial charge in [0.05, 0.1) is 33.3 Å². The number of carbonyl (C=O) groups excluding carboxylic acids is 1.